The number of rotatable bonds is 5. The van der Waals surface area contributed by atoms with Crippen molar-refractivity contribution >= 4 is 33.5 Å². The highest BCUT2D eigenvalue weighted by molar-refractivity contribution is 9.10. The predicted octanol–water partition coefficient (Wildman–Crippen LogP) is 2.18. The van der Waals surface area contributed by atoms with Gasteiger partial charge in [-0.15, -0.1) is 5.10 Å². The molecule has 0 unspecified atom stereocenters. The van der Waals surface area contributed by atoms with Crippen molar-refractivity contribution in [1.29, 1.82) is 5.41 Å². The van der Waals surface area contributed by atoms with Gasteiger partial charge in [-0.2, -0.15) is 0 Å². The molecule has 0 aliphatic heterocycles. The van der Waals surface area contributed by atoms with Crippen molar-refractivity contribution < 1.29 is 0 Å². The highest BCUT2D eigenvalue weighted by Gasteiger charge is 2.13. The van der Waals surface area contributed by atoms with Crippen LogP contribution in [0.15, 0.2) is 37.5 Å². The van der Waals surface area contributed by atoms with E-state index in [0.717, 1.165) is 15.8 Å². The molecular weight excluding hydrogens is 342 g/mol. The molecule has 1 aromatic heterocycles. The zero-order valence-corrected chi connectivity index (χ0v) is 13.2. The summed E-state index contributed by atoms with van der Waals surface area (Å²) in [6.07, 6.45) is 0.838. The van der Waals surface area contributed by atoms with Gasteiger partial charge in [0.15, 0.2) is 5.16 Å². The molecule has 1 aromatic carbocycles. The van der Waals surface area contributed by atoms with Gasteiger partial charge in [0.2, 0.25) is 0 Å². The number of aromatic amines is 1. The number of H-pyrrole nitrogens is 1. The SMILES string of the molecule is CCCn1c(Sc2cc(Br)ccc2C(=N)N)n[nH]c1=O. The van der Waals surface area contributed by atoms with Crippen LogP contribution in [0.1, 0.15) is 18.9 Å². The van der Waals surface area contributed by atoms with Crippen molar-refractivity contribution in [1.82, 2.24) is 14.8 Å². The Kier molecular flexibility index (Phi) is 4.66. The van der Waals surface area contributed by atoms with Crippen LogP contribution in [0.25, 0.3) is 0 Å². The number of hydrogen-bond donors (Lipinski definition) is 3. The van der Waals surface area contributed by atoms with Gasteiger partial charge in [0.25, 0.3) is 0 Å². The smallest absolute Gasteiger partial charge is 0.343 e. The fourth-order valence-electron chi connectivity index (χ4n) is 1.70. The Bertz CT molecular complexity index is 693. The molecule has 1 heterocycles. The first-order valence-electron chi connectivity index (χ1n) is 6.00. The largest absolute Gasteiger partial charge is 0.384 e. The van der Waals surface area contributed by atoms with Gasteiger partial charge in [-0.3, -0.25) is 9.98 Å². The second kappa shape index (κ2) is 6.27. The van der Waals surface area contributed by atoms with Gasteiger partial charge in [0.05, 0.1) is 0 Å². The van der Waals surface area contributed by atoms with E-state index in [1.807, 2.05) is 19.1 Å². The summed E-state index contributed by atoms with van der Waals surface area (Å²) in [5, 5.41) is 14.6. The van der Waals surface area contributed by atoms with Crippen LogP contribution >= 0.6 is 27.7 Å². The van der Waals surface area contributed by atoms with Crippen LogP contribution in [-0.2, 0) is 6.54 Å². The van der Waals surface area contributed by atoms with Crippen molar-refractivity contribution in [2.45, 2.75) is 29.9 Å². The summed E-state index contributed by atoms with van der Waals surface area (Å²) in [5.74, 6) is -0.0140. The molecule has 0 saturated heterocycles. The van der Waals surface area contributed by atoms with Gasteiger partial charge in [-0.1, -0.05) is 22.9 Å². The van der Waals surface area contributed by atoms with Crippen LogP contribution in [-0.4, -0.2) is 20.6 Å². The summed E-state index contributed by atoms with van der Waals surface area (Å²) in [5.41, 5.74) is 5.97. The number of aromatic nitrogens is 3. The summed E-state index contributed by atoms with van der Waals surface area (Å²) in [7, 11) is 0. The van der Waals surface area contributed by atoms with Crippen molar-refractivity contribution in [2.75, 3.05) is 0 Å². The molecule has 8 heteroatoms. The van der Waals surface area contributed by atoms with E-state index in [0.29, 0.717) is 17.3 Å². The number of hydrogen-bond acceptors (Lipinski definition) is 4. The van der Waals surface area contributed by atoms with Gasteiger partial charge >= 0.3 is 5.69 Å². The molecule has 0 atom stereocenters. The molecule has 0 saturated carbocycles. The van der Waals surface area contributed by atoms with E-state index in [4.69, 9.17) is 11.1 Å². The average Bonchev–Trinajstić information content (AvgIpc) is 2.72. The van der Waals surface area contributed by atoms with Crippen LogP contribution in [0.3, 0.4) is 0 Å². The maximum absolute atomic E-state index is 11.7. The third-order valence-electron chi connectivity index (χ3n) is 2.61. The molecule has 0 aliphatic carbocycles. The third kappa shape index (κ3) is 3.13. The van der Waals surface area contributed by atoms with E-state index >= 15 is 0 Å². The molecule has 4 N–H and O–H groups in total. The van der Waals surface area contributed by atoms with Gasteiger partial charge in [-0.05, 0) is 36.4 Å². The van der Waals surface area contributed by atoms with Crippen LogP contribution in [0, 0.1) is 5.41 Å². The van der Waals surface area contributed by atoms with Crippen molar-refractivity contribution in [3.63, 3.8) is 0 Å². The monoisotopic (exact) mass is 355 g/mol. The minimum Gasteiger partial charge on any atom is -0.384 e. The standard InChI is InChI=1S/C12H14BrN5OS/c1-2-5-18-11(19)16-17-12(18)20-9-6-7(13)3-4-8(9)10(14)15/h3-4,6H,2,5H2,1H3,(H3,14,15)(H,16,19). The molecule has 20 heavy (non-hydrogen) atoms. The molecule has 0 bridgehead atoms. The normalized spacial score (nSPS) is 10.7. The lowest BCUT2D eigenvalue weighted by molar-refractivity contribution is 0.604. The number of nitrogens with zero attached hydrogens (tertiary/aromatic N) is 2. The van der Waals surface area contributed by atoms with E-state index in [1.165, 1.54) is 11.8 Å². The topological polar surface area (TPSA) is 101 Å². The fraction of sp³-hybridized carbons (Fsp3) is 0.250. The Morgan fingerprint density at radius 1 is 1.60 bits per heavy atom. The highest BCUT2D eigenvalue weighted by Crippen LogP contribution is 2.30. The van der Waals surface area contributed by atoms with Gasteiger partial charge < -0.3 is 5.73 Å². The molecular formula is C12H14BrN5OS. The van der Waals surface area contributed by atoms with Crippen LogP contribution in [0.2, 0.25) is 0 Å². The van der Waals surface area contributed by atoms with E-state index in [-0.39, 0.29) is 11.5 Å². The Balaban J connectivity index is 2.42. The fourth-order valence-corrected chi connectivity index (χ4v) is 3.26. The molecule has 6 nitrogen and oxygen atoms in total. The van der Waals surface area contributed by atoms with E-state index in [1.54, 1.807) is 10.6 Å². The van der Waals surface area contributed by atoms with Gasteiger partial charge in [-0.25, -0.2) is 9.89 Å². The Hall–Kier alpha value is -1.54. The second-order valence-corrected chi connectivity index (χ2v) is 6.04. The maximum Gasteiger partial charge on any atom is 0.343 e. The number of halogens is 1. The number of amidine groups is 1. The summed E-state index contributed by atoms with van der Waals surface area (Å²) in [4.78, 5) is 12.4. The Morgan fingerprint density at radius 3 is 3.00 bits per heavy atom. The first-order valence-corrected chi connectivity index (χ1v) is 7.61. The average molecular weight is 356 g/mol. The third-order valence-corrected chi connectivity index (χ3v) is 4.15. The lowest BCUT2D eigenvalue weighted by atomic mass is 10.2. The molecule has 0 amide bonds. The van der Waals surface area contributed by atoms with Crippen molar-refractivity contribution in [3.05, 3.63) is 38.7 Å². The maximum atomic E-state index is 11.7. The highest BCUT2D eigenvalue weighted by atomic mass is 79.9. The number of nitrogens with one attached hydrogen (secondary N) is 2. The zero-order chi connectivity index (χ0) is 14.7. The zero-order valence-electron chi connectivity index (χ0n) is 10.8. The lowest BCUT2D eigenvalue weighted by Gasteiger charge is -2.08. The number of nitrogens with two attached hydrogens (primary N) is 1. The van der Waals surface area contributed by atoms with Crippen molar-refractivity contribution in [2.24, 2.45) is 5.73 Å². The van der Waals surface area contributed by atoms with Crippen LogP contribution < -0.4 is 11.4 Å². The van der Waals surface area contributed by atoms with E-state index in [9.17, 15) is 4.79 Å². The molecule has 0 spiro atoms. The van der Waals surface area contributed by atoms with Crippen molar-refractivity contribution in [3.8, 4) is 0 Å². The van der Waals surface area contributed by atoms with E-state index < -0.39 is 0 Å². The lowest BCUT2D eigenvalue weighted by Crippen LogP contribution is -2.17. The Labute approximate surface area is 128 Å². The minimum atomic E-state index is -0.228. The molecule has 0 aliphatic rings. The summed E-state index contributed by atoms with van der Waals surface area (Å²) in [6.45, 7) is 2.59. The number of nitrogen functional groups attached to an aromatic ring is 1. The van der Waals surface area contributed by atoms with Gasteiger partial charge in [0.1, 0.15) is 5.84 Å². The molecule has 106 valence electrons. The summed E-state index contributed by atoms with van der Waals surface area (Å²) >= 11 is 4.71. The summed E-state index contributed by atoms with van der Waals surface area (Å²) < 4.78 is 2.46. The molecule has 0 fully saturated rings. The predicted molar refractivity (Wildman–Crippen MR) is 82.4 cm³/mol. The first-order chi connectivity index (χ1) is 9.52. The Morgan fingerprint density at radius 2 is 2.35 bits per heavy atom. The quantitative estimate of drug-likeness (QED) is 0.565. The first kappa shape index (κ1) is 14.9. The van der Waals surface area contributed by atoms with Crippen LogP contribution in [0.4, 0.5) is 0 Å². The molecule has 2 aromatic rings. The van der Waals surface area contributed by atoms with E-state index in [2.05, 4.69) is 26.1 Å². The van der Waals surface area contributed by atoms with Crippen LogP contribution in [0.5, 0.6) is 0 Å². The van der Waals surface area contributed by atoms with Gasteiger partial charge in [0, 0.05) is 21.5 Å². The molecule has 2 rings (SSSR count). The second-order valence-electron chi connectivity index (χ2n) is 4.12. The summed E-state index contributed by atoms with van der Waals surface area (Å²) in [6, 6.07) is 5.45. The molecule has 0 radical (unpaired) electrons. The number of benzene rings is 1. The minimum absolute atomic E-state index is 0.0140.